The minimum absolute atomic E-state index is 0.210. The van der Waals surface area contributed by atoms with E-state index in [1.807, 2.05) is 0 Å². The van der Waals surface area contributed by atoms with E-state index in [1.165, 1.54) is 12.1 Å². The van der Waals surface area contributed by atoms with Crippen molar-refractivity contribution >= 4 is 5.91 Å². The molecule has 0 bridgehead atoms. The van der Waals surface area contributed by atoms with Crippen LogP contribution in [0.5, 0.6) is 0 Å². The molecule has 2 aromatic rings. The van der Waals surface area contributed by atoms with Crippen LogP contribution >= 0.6 is 0 Å². The van der Waals surface area contributed by atoms with Gasteiger partial charge in [0.2, 0.25) is 0 Å². The second-order valence-electron chi connectivity index (χ2n) is 5.86. The molecule has 1 fully saturated rings. The fraction of sp³-hybridized carbons (Fsp3) is 0.353. The molecular weight excluding hydrogens is 297 g/mol. The molecule has 1 aromatic carbocycles. The number of aliphatic hydroxyl groups is 1. The number of hydrogen-bond acceptors (Lipinski definition) is 4. The van der Waals surface area contributed by atoms with Crippen LogP contribution in [-0.2, 0) is 0 Å². The number of benzene rings is 1. The molecule has 1 aliphatic rings. The maximum absolute atomic E-state index is 13.5. The SMILES string of the molecule is Cc1cc(C(=O)N2C[C@H](O)C[C@H]2c2cccc(F)c2)nc(C)n1. The molecule has 0 radical (unpaired) electrons. The van der Waals surface area contributed by atoms with Crippen LogP contribution in [0.3, 0.4) is 0 Å². The fourth-order valence-corrected chi connectivity index (χ4v) is 3.04. The summed E-state index contributed by atoms with van der Waals surface area (Å²) in [6, 6.07) is 7.41. The summed E-state index contributed by atoms with van der Waals surface area (Å²) in [5.41, 5.74) is 1.69. The van der Waals surface area contributed by atoms with Crippen LogP contribution in [0.15, 0.2) is 30.3 Å². The number of likely N-dealkylation sites (tertiary alicyclic amines) is 1. The number of aryl methyl sites for hydroxylation is 2. The van der Waals surface area contributed by atoms with Crippen LogP contribution in [0.25, 0.3) is 0 Å². The molecule has 0 spiro atoms. The van der Waals surface area contributed by atoms with E-state index in [9.17, 15) is 14.3 Å². The van der Waals surface area contributed by atoms with E-state index in [0.29, 0.717) is 29.2 Å². The predicted octanol–water partition coefficient (Wildman–Crippen LogP) is 2.18. The predicted molar refractivity (Wildman–Crippen MR) is 82.3 cm³/mol. The van der Waals surface area contributed by atoms with E-state index in [4.69, 9.17) is 0 Å². The fourth-order valence-electron chi connectivity index (χ4n) is 3.04. The van der Waals surface area contributed by atoms with Gasteiger partial charge in [-0.1, -0.05) is 12.1 Å². The number of hydrogen-bond donors (Lipinski definition) is 1. The Labute approximate surface area is 133 Å². The maximum atomic E-state index is 13.5. The molecule has 5 nitrogen and oxygen atoms in total. The van der Waals surface area contributed by atoms with E-state index in [1.54, 1.807) is 36.9 Å². The van der Waals surface area contributed by atoms with E-state index >= 15 is 0 Å². The van der Waals surface area contributed by atoms with E-state index < -0.39 is 6.10 Å². The Kier molecular flexibility index (Phi) is 4.09. The summed E-state index contributed by atoms with van der Waals surface area (Å²) in [5, 5.41) is 9.99. The number of nitrogens with zero attached hydrogens (tertiary/aromatic N) is 3. The molecule has 1 N–H and O–H groups in total. The average Bonchev–Trinajstić information content (AvgIpc) is 2.87. The Bertz CT molecular complexity index is 730. The van der Waals surface area contributed by atoms with E-state index in [0.717, 1.165) is 0 Å². The van der Waals surface area contributed by atoms with E-state index in [2.05, 4.69) is 9.97 Å². The number of aliphatic hydroxyl groups excluding tert-OH is 1. The number of amides is 1. The summed E-state index contributed by atoms with van der Waals surface area (Å²) in [5.74, 6) is -0.107. The van der Waals surface area contributed by atoms with Gasteiger partial charge < -0.3 is 10.0 Å². The van der Waals surface area contributed by atoms with Crippen LogP contribution in [-0.4, -0.2) is 38.5 Å². The van der Waals surface area contributed by atoms with E-state index in [-0.39, 0.29) is 24.3 Å². The Hall–Kier alpha value is -2.34. The zero-order valence-electron chi connectivity index (χ0n) is 13.0. The van der Waals surface area contributed by atoms with Gasteiger partial charge in [0.05, 0.1) is 12.1 Å². The van der Waals surface area contributed by atoms with Gasteiger partial charge >= 0.3 is 0 Å². The molecule has 3 rings (SSSR count). The summed E-state index contributed by atoms with van der Waals surface area (Å²) < 4.78 is 13.5. The van der Waals surface area contributed by atoms with Crippen molar-refractivity contribution in [1.29, 1.82) is 0 Å². The lowest BCUT2D eigenvalue weighted by atomic mass is 10.0. The van der Waals surface area contributed by atoms with Crippen LogP contribution in [0.4, 0.5) is 4.39 Å². The lowest BCUT2D eigenvalue weighted by Gasteiger charge is -2.24. The first-order valence-corrected chi connectivity index (χ1v) is 7.51. The third kappa shape index (κ3) is 3.22. The van der Waals surface area contributed by atoms with Crippen molar-refractivity contribution < 1.29 is 14.3 Å². The van der Waals surface area contributed by atoms with Gasteiger partial charge in [0.25, 0.3) is 5.91 Å². The topological polar surface area (TPSA) is 66.3 Å². The molecule has 120 valence electrons. The van der Waals surface area contributed by atoms with Crippen molar-refractivity contribution in [3.05, 3.63) is 58.9 Å². The Balaban J connectivity index is 1.94. The lowest BCUT2D eigenvalue weighted by molar-refractivity contribution is 0.0709. The molecule has 1 aromatic heterocycles. The van der Waals surface area contributed by atoms with Gasteiger partial charge in [-0.15, -0.1) is 0 Å². The summed E-state index contributed by atoms with van der Waals surface area (Å²) in [7, 11) is 0. The third-order valence-electron chi connectivity index (χ3n) is 3.96. The van der Waals surface area contributed by atoms with Crippen LogP contribution in [0, 0.1) is 19.7 Å². The Morgan fingerprint density at radius 3 is 2.78 bits per heavy atom. The van der Waals surface area contributed by atoms with Crippen LogP contribution in [0.1, 0.15) is 40.0 Å². The van der Waals surface area contributed by atoms with Crippen molar-refractivity contribution in [3.8, 4) is 0 Å². The van der Waals surface area contributed by atoms with Gasteiger partial charge in [-0.3, -0.25) is 4.79 Å². The second-order valence-corrected chi connectivity index (χ2v) is 5.86. The highest BCUT2D eigenvalue weighted by atomic mass is 19.1. The number of aromatic nitrogens is 2. The number of carbonyl (C=O) groups excluding carboxylic acids is 1. The smallest absolute Gasteiger partial charge is 0.273 e. The minimum atomic E-state index is -0.628. The largest absolute Gasteiger partial charge is 0.391 e. The molecule has 1 saturated heterocycles. The first-order chi connectivity index (χ1) is 10.9. The standard InChI is InChI=1S/C17H18FN3O2/c1-10-6-15(20-11(2)19-10)17(23)21-9-14(22)8-16(21)12-4-3-5-13(18)7-12/h3-7,14,16,22H,8-9H2,1-2H3/t14-,16+/m1/s1. The molecule has 23 heavy (non-hydrogen) atoms. The maximum Gasteiger partial charge on any atom is 0.273 e. The zero-order chi connectivity index (χ0) is 16.6. The van der Waals surface area contributed by atoms with Gasteiger partial charge in [0, 0.05) is 12.2 Å². The summed E-state index contributed by atoms with van der Waals surface area (Å²) >= 11 is 0. The molecule has 0 aliphatic carbocycles. The van der Waals surface area contributed by atoms with Crippen molar-refractivity contribution in [3.63, 3.8) is 0 Å². The number of halogens is 1. The van der Waals surface area contributed by atoms with Crippen LogP contribution in [0.2, 0.25) is 0 Å². The highest BCUT2D eigenvalue weighted by molar-refractivity contribution is 5.93. The van der Waals surface area contributed by atoms with Crippen molar-refractivity contribution in [2.24, 2.45) is 0 Å². The van der Waals surface area contributed by atoms with Gasteiger partial charge in [0.1, 0.15) is 17.3 Å². The van der Waals surface area contributed by atoms with Crippen molar-refractivity contribution in [2.45, 2.75) is 32.4 Å². The highest BCUT2D eigenvalue weighted by Crippen LogP contribution is 2.33. The first-order valence-electron chi connectivity index (χ1n) is 7.51. The monoisotopic (exact) mass is 315 g/mol. The second kappa shape index (κ2) is 6.04. The van der Waals surface area contributed by atoms with Gasteiger partial charge in [-0.05, 0) is 44.0 Å². The molecule has 1 amide bonds. The molecule has 0 unspecified atom stereocenters. The Morgan fingerprint density at radius 1 is 1.30 bits per heavy atom. The van der Waals surface area contributed by atoms with Gasteiger partial charge in [0.15, 0.2) is 0 Å². The Morgan fingerprint density at radius 2 is 2.09 bits per heavy atom. The lowest BCUT2D eigenvalue weighted by Crippen LogP contribution is -2.32. The molecule has 1 aliphatic heterocycles. The summed E-state index contributed by atoms with van der Waals surface area (Å²) in [6.45, 7) is 3.74. The molecule has 2 atom stereocenters. The van der Waals surface area contributed by atoms with Crippen LogP contribution < -0.4 is 0 Å². The van der Waals surface area contributed by atoms with Gasteiger partial charge in [-0.2, -0.15) is 0 Å². The normalized spacial score (nSPS) is 20.8. The van der Waals surface area contributed by atoms with Crippen molar-refractivity contribution in [1.82, 2.24) is 14.9 Å². The first kappa shape index (κ1) is 15.6. The molecule has 6 heteroatoms. The minimum Gasteiger partial charge on any atom is -0.391 e. The quantitative estimate of drug-likeness (QED) is 0.922. The third-order valence-corrected chi connectivity index (χ3v) is 3.96. The zero-order valence-corrected chi connectivity index (χ0v) is 13.0. The number of β-amino-alcohol motifs (C(OH)–C–C–N with tert-alkyl or cyclic N) is 1. The number of rotatable bonds is 2. The molecule has 0 saturated carbocycles. The molecular formula is C17H18FN3O2. The summed E-state index contributed by atoms with van der Waals surface area (Å²) in [6.07, 6.45) is -0.241. The highest BCUT2D eigenvalue weighted by Gasteiger charge is 2.36. The van der Waals surface area contributed by atoms with Crippen molar-refractivity contribution in [2.75, 3.05) is 6.54 Å². The number of carbonyl (C=O) groups is 1. The summed E-state index contributed by atoms with van der Waals surface area (Å²) in [4.78, 5) is 22.7. The molecule has 2 heterocycles. The average molecular weight is 315 g/mol. The van der Waals surface area contributed by atoms with Gasteiger partial charge in [-0.25, -0.2) is 14.4 Å².